The first-order valence-corrected chi connectivity index (χ1v) is 7.01. The van der Waals surface area contributed by atoms with Crippen LogP contribution in [-0.2, 0) is 4.79 Å². The number of benzene rings is 1. The molecule has 1 aliphatic carbocycles. The number of amides is 1. The molecule has 0 spiro atoms. The fourth-order valence-electron chi connectivity index (χ4n) is 2.75. The molecule has 0 aliphatic heterocycles. The van der Waals surface area contributed by atoms with Crippen LogP contribution in [0, 0.1) is 11.7 Å². The van der Waals surface area contributed by atoms with Gasteiger partial charge in [-0.05, 0) is 49.6 Å². The lowest BCUT2D eigenvalue weighted by Crippen LogP contribution is -2.63. The lowest BCUT2D eigenvalue weighted by atomic mass is 9.91. The summed E-state index contributed by atoms with van der Waals surface area (Å²) in [4.78, 5) is 13.9. The number of nitrogens with zero attached hydrogens (tertiary/aromatic N) is 1. The fraction of sp³-hybridized carbons (Fsp3) is 0.533. The Morgan fingerprint density at radius 1 is 1.45 bits per heavy atom. The van der Waals surface area contributed by atoms with E-state index >= 15 is 0 Å². The molecule has 1 amide bonds. The maximum absolute atomic E-state index is 13.0. The molecule has 4 nitrogen and oxygen atoms in total. The van der Waals surface area contributed by atoms with Crippen LogP contribution >= 0.6 is 0 Å². The van der Waals surface area contributed by atoms with Gasteiger partial charge in [-0.1, -0.05) is 6.92 Å². The molecular formula is C15H22FN3O. The normalized spacial score (nSPS) is 17.6. The summed E-state index contributed by atoms with van der Waals surface area (Å²) < 4.78 is 13.0. The molecule has 0 bridgehead atoms. The molecular weight excluding hydrogens is 257 g/mol. The number of hydrogen-bond donors (Lipinski definition) is 2. The van der Waals surface area contributed by atoms with Gasteiger partial charge in [0.1, 0.15) is 11.4 Å². The van der Waals surface area contributed by atoms with E-state index in [1.165, 1.54) is 12.1 Å². The molecule has 5 heteroatoms. The molecule has 0 radical (unpaired) electrons. The second kappa shape index (κ2) is 5.79. The van der Waals surface area contributed by atoms with Crippen molar-refractivity contribution >= 4 is 11.6 Å². The standard InChI is InChI=1S/C15H22FN3O/c1-3-18-15(14(17)20,11-4-5-11)10-19(2)13-8-6-12(16)7-9-13/h6-9,11,18H,3-5,10H2,1-2H3,(H2,17,20). The van der Waals surface area contributed by atoms with Crippen LogP contribution in [0.4, 0.5) is 10.1 Å². The van der Waals surface area contributed by atoms with Crippen molar-refractivity contribution in [1.82, 2.24) is 5.32 Å². The van der Waals surface area contributed by atoms with E-state index in [4.69, 9.17) is 5.73 Å². The summed E-state index contributed by atoms with van der Waals surface area (Å²) in [6.45, 7) is 3.15. The van der Waals surface area contributed by atoms with Crippen LogP contribution in [0.5, 0.6) is 0 Å². The Morgan fingerprint density at radius 2 is 2.05 bits per heavy atom. The van der Waals surface area contributed by atoms with Gasteiger partial charge in [0.25, 0.3) is 0 Å². The summed E-state index contributed by atoms with van der Waals surface area (Å²) in [5.74, 6) is -0.282. The number of hydrogen-bond acceptors (Lipinski definition) is 3. The SMILES string of the molecule is CCNC(CN(C)c1ccc(F)cc1)(C(N)=O)C1CC1. The van der Waals surface area contributed by atoms with Crippen LogP contribution in [0.25, 0.3) is 0 Å². The number of anilines is 1. The summed E-state index contributed by atoms with van der Waals surface area (Å²) in [5, 5.41) is 3.28. The summed E-state index contributed by atoms with van der Waals surface area (Å²) in [6.07, 6.45) is 2.04. The van der Waals surface area contributed by atoms with Gasteiger partial charge in [0, 0.05) is 19.3 Å². The zero-order valence-corrected chi connectivity index (χ0v) is 12.0. The van der Waals surface area contributed by atoms with Gasteiger partial charge in [0.2, 0.25) is 5.91 Å². The van der Waals surface area contributed by atoms with Gasteiger partial charge in [-0.2, -0.15) is 0 Å². The molecule has 3 N–H and O–H groups in total. The molecule has 20 heavy (non-hydrogen) atoms. The van der Waals surface area contributed by atoms with E-state index < -0.39 is 5.54 Å². The molecule has 2 rings (SSSR count). The Morgan fingerprint density at radius 3 is 2.50 bits per heavy atom. The number of nitrogens with two attached hydrogens (primary N) is 1. The van der Waals surface area contributed by atoms with E-state index in [0.29, 0.717) is 19.0 Å². The highest BCUT2D eigenvalue weighted by Gasteiger charge is 2.49. The summed E-state index contributed by atoms with van der Waals surface area (Å²) in [7, 11) is 1.89. The quantitative estimate of drug-likeness (QED) is 0.795. The van der Waals surface area contributed by atoms with Gasteiger partial charge in [0.15, 0.2) is 0 Å². The topological polar surface area (TPSA) is 58.4 Å². The van der Waals surface area contributed by atoms with Gasteiger partial charge in [-0.25, -0.2) is 4.39 Å². The lowest BCUT2D eigenvalue weighted by Gasteiger charge is -2.36. The number of primary amides is 1. The van der Waals surface area contributed by atoms with Crippen molar-refractivity contribution in [3.63, 3.8) is 0 Å². The maximum atomic E-state index is 13.0. The van der Waals surface area contributed by atoms with Crippen molar-refractivity contribution in [1.29, 1.82) is 0 Å². The zero-order valence-electron chi connectivity index (χ0n) is 12.0. The van der Waals surface area contributed by atoms with Crippen LogP contribution in [-0.4, -0.2) is 31.6 Å². The molecule has 1 fully saturated rings. The van der Waals surface area contributed by atoms with Crippen molar-refractivity contribution < 1.29 is 9.18 Å². The van der Waals surface area contributed by atoms with Crippen molar-refractivity contribution in [2.24, 2.45) is 11.7 Å². The minimum atomic E-state index is -0.697. The summed E-state index contributed by atoms with van der Waals surface area (Å²) in [6, 6.07) is 6.25. The first kappa shape index (κ1) is 14.8. The molecule has 0 saturated heterocycles. The molecule has 110 valence electrons. The molecule has 1 unspecified atom stereocenters. The lowest BCUT2D eigenvalue weighted by molar-refractivity contribution is -0.124. The predicted octanol–water partition coefficient (Wildman–Crippen LogP) is 1.51. The van der Waals surface area contributed by atoms with Crippen molar-refractivity contribution in [3.8, 4) is 0 Å². The summed E-state index contributed by atoms with van der Waals surface area (Å²) in [5.41, 5.74) is 5.84. The molecule has 0 aromatic heterocycles. The second-order valence-corrected chi connectivity index (χ2v) is 5.47. The highest BCUT2D eigenvalue weighted by molar-refractivity contribution is 5.86. The average Bonchev–Trinajstić information content (AvgIpc) is 3.23. The largest absolute Gasteiger partial charge is 0.372 e. The highest BCUT2D eigenvalue weighted by Crippen LogP contribution is 2.40. The predicted molar refractivity (Wildman–Crippen MR) is 78.0 cm³/mol. The van der Waals surface area contributed by atoms with Crippen LogP contribution in [0.1, 0.15) is 19.8 Å². The molecule has 1 aliphatic rings. The van der Waals surface area contributed by atoms with Crippen molar-refractivity contribution in [2.75, 3.05) is 25.0 Å². The number of likely N-dealkylation sites (N-methyl/N-ethyl adjacent to an activating group) is 2. The Labute approximate surface area is 119 Å². The van der Waals surface area contributed by atoms with Crippen LogP contribution in [0.3, 0.4) is 0 Å². The Bertz CT molecular complexity index is 473. The van der Waals surface area contributed by atoms with Gasteiger partial charge in [-0.15, -0.1) is 0 Å². The van der Waals surface area contributed by atoms with Crippen LogP contribution in [0.2, 0.25) is 0 Å². The van der Waals surface area contributed by atoms with Crippen LogP contribution in [0.15, 0.2) is 24.3 Å². The molecule has 1 saturated carbocycles. The molecule has 1 atom stereocenters. The Kier molecular flexibility index (Phi) is 4.28. The minimum absolute atomic E-state index is 0.266. The third-order valence-corrected chi connectivity index (χ3v) is 3.96. The van der Waals surface area contributed by atoms with E-state index in [2.05, 4.69) is 5.32 Å². The number of nitrogens with one attached hydrogen (secondary N) is 1. The Balaban J connectivity index is 2.18. The van der Waals surface area contributed by atoms with E-state index in [9.17, 15) is 9.18 Å². The number of carbonyl (C=O) groups is 1. The maximum Gasteiger partial charge on any atom is 0.239 e. The van der Waals surface area contributed by atoms with Gasteiger partial charge < -0.3 is 16.0 Å². The Hall–Kier alpha value is -1.62. The minimum Gasteiger partial charge on any atom is -0.372 e. The summed E-state index contributed by atoms with van der Waals surface area (Å²) >= 11 is 0. The van der Waals surface area contributed by atoms with Gasteiger partial charge >= 0.3 is 0 Å². The third-order valence-electron chi connectivity index (χ3n) is 3.96. The van der Waals surface area contributed by atoms with Crippen molar-refractivity contribution in [3.05, 3.63) is 30.1 Å². The number of halogens is 1. The first-order valence-electron chi connectivity index (χ1n) is 7.01. The van der Waals surface area contributed by atoms with E-state index in [0.717, 1.165) is 18.5 Å². The monoisotopic (exact) mass is 279 g/mol. The third kappa shape index (κ3) is 2.93. The van der Waals surface area contributed by atoms with Gasteiger partial charge in [-0.3, -0.25) is 4.79 Å². The van der Waals surface area contributed by atoms with E-state index in [1.54, 1.807) is 12.1 Å². The number of carbonyl (C=O) groups excluding carboxylic acids is 1. The molecule has 0 heterocycles. The second-order valence-electron chi connectivity index (χ2n) is 5.47. The molecule has 1 aromatic carbocycles. The van der Waals surface area contributed by atoms with Gasteiger partial charge in [0.05, 0.1) is 0 Å². The first-order chi connectivity index (χ1) is 9.49. The zero-order chi connectivity index (χ0) is 14.8. The smallest absolute Gasteiger partial charge is 0.239 e. The fourth-order valence-corrected chi connectivity index (χ4v) is 2.75. The highest BCUT2D eigenvalue weighted by atomic mass is 19.1. The van der Waals surface area contributed by atoms with E-state index in [1.807, 2.05) is 18.9 Å². The molecule has 1 aromatic rings. The van der Waals surface area contributed by atoms with E-state index in [-0.39, 0.29) is 11.7 Å². The van der Waals surface area contributed by atoms with Crippen LogP contribution < -0.4 is 16.0 Å². The van der Waals surface area contributed by atoms with Crippen molar-refractivity contribution in [2.45, 2.75) is 25.3 Å². The number of rotatable bonds is 7. The average molecular weight is 279 g/mol.